The first-order valence-corrected chi connectivity index (χ1v) is 8.10. The fourth-order valence-electron chi connectivity index (χ4n) is 2.70. The lowest BCUT2D eigenvalue weighted by atomic mass is 10.1. The van der Waals surface area contributed by atoms with E-state index in [0.717, 1.165) is 0 Å². The lowest BCUT2D eigenvalue weighted by Gasteiger charge is -2.24. The van der Waals surface area contributed by atoms with Crippen molar-refractivity contribution < 1.29 is 18.7 Å². The summed E-state index contributed by atoms with van der Waals surface area (Å²) in [6.07, 6.45) is 2.12. The van der Waals surface area contributed by atoms with Crippen LogP contribution in [0.3, 0.4) is 0 Å². The van der Waals surface area contributed by atoms with Gasteiger partial charge < -0.3 is 13.9 Å². The number of benzene rings is 1. The third-order valence-corrected chi connectivity index (χ3v) is 3.94. The molecule has 0 saturated carbocycles. The van der Waals surface area contributed by atoms with Gasteiger partial charge in [-0.3, -0.25) is 9.69 Å². The van der Waals surface area contributed by atoms with E-state index >= 15 is 0 Å². The molecule has 8 heteroatoms. The zero-order valence-electron chi connectivity index (χ0n) is 14.1. The molecule has 4 rings (SSSR count). The van der Waals surface area contributed by atoms with Gasteiger partial charge in [0.2, 0.25) is 11.7 Å². The zero-order valence-corrected chi connectivity index (χ0v) is 14.1. The Balaban J connectivity index is 1.52. The molecule has 1 aliphatic rings. The molecule has 1 aromatic carbocycles. The monoisotopic (exact) mass is 352 g/mol. The van der Waals surface area contributed by atoms with Crippen LogP contribution in [0, 0.1) is 0 Å². The Morgan fingerprint density at radius 3 is 2.85 bits per heavy atom. The van der Waals surface area contributed by atoms with E-state index in [9.17, 15) is 4.79 Å². The highest BCUT2D eigenvalue weighted by Crippen LogP contribution is 2.25. The second kappa shape index (κ2) is 6.83. The van der Waals surface area contributed by atoms with Gasteiger partial charge in [0.05, 0.1) is 12.8 Å². The van der Waals surface area contributed by atoms with Crippen LogP contribution in [-0.2, 0) is 13.0 Å². The molecular weight excluding hydrogens is 336 g/mol. The highest BCUT2D eigenvalue weighted by atomic mass is 16.5. The van der Waals surface area contributed by atoms with Gasteiger partial charge in [-0.15, -0.1) is 0 Å². The van der Waals surface area contributed by atoms with E-state index in [2.05, 4.69) is 15.0 Å². The Kier molecular flexibility index (Phi) is 4.22. The summed E-state index contributed by atoms with van der Waals surface area (Å²) in [6.45, 7) is 0.614. The summed E-state index contributed by atoms with van der Waals surface area (Å²) < 4.78 is 16.3. The minimum atomic E-state index is -0.287. The number of hydrogen-bond donors (Lipinski definition) is 0. The summed E-state index contributed by atoms with van der Waals surface area (Å²) in [5, 5.41) is 0. The van der Waals surface area contributed by atoms with Crippen LogP contribution in [0.1, 0.15) is 22.1 Å². The number of anilines is 1. The normalized spacial score (nSPS) is 13.4. The van der Waals surface area contributed by atoms with Crippen molar-refractivity contribution in [2.75, 3.05) is 18.6 Å². The van der Waals surface area contributed by atoms with Crippen molar-refractivity contribution in [2.45, 2.75) is 13.0 Å². The van der Waals surface area contributed by atoms with Crippen LogP contribution >= 0.6 is 0 Å². The van der Waals surface area contributed by atoms with E-state index in [4.69, 9.17) is 13.9 Å². The molecule has 0 atom stereocenters. The molecule has 26 heavy (non-hydrogen) atoms. The number of aromatic nitrogens is 3. The van der Waals surface area contributed by atoms with E-state index in [1.54, 1.807) is 12.3 Å². The molecule has 8 nitrogen and oxygen atoms in total. The standard InChI is InChI=1S/C18H16N4O4/c1-24-18-19-9-7-14(21-18)22-10-8-13-16(17(22)23)26-15(20-13)11-25-12-5-3-2-4-6-12/h2-7,9H,8,10-11H2,1H3. The molecule has 0 aliphatic carbocycles. The maximum atomic E-state index is 12.8. The molecule has 3 aromatic rings. The number of oxazole rings is 1. The molecule has 2 aromatic heterocycles. The van der Waals surface area contributed by atoms with Crippen LogP contribution in [0.2, 0.25) is 0 Å². The maximum absolute atomic E-state index is 12.8. The Morgan fingerprint density at radius 2 is 2.04 bits per heavy atom. The molecule has 0 radical (unpaired) electrons. The fourth-order valence-corrected chi connectivity index (χ4v) is 2.70. The molecular formula is C18H16N4O4. The average Bonchev–Trinajstić information content (AvgIpc) is 3.12. The van der Waals surface area contributed by atoms with E-state index in [1.807, 2.05) is 30.3 Å². The molecule has 1 amide bonds. The SMILES string of the molecule is COc1nccc(N2CCc3nc(COc4ccccc4)oc3C2=O)n1. The topological polar surface area (TPSA) is 90.6 Å². The molecule has 0 N–H and O–H groups in total. The summed E-state index contributed by atoms with van der Waals surface area (Å²) >= 11 is 0. The van der Waals surface area contributed by atoms with Gasteiger partial charge in [0, 0.05) is 19.2 Å². The first-order chi connectivity index (χ1) is 12.7. The molecule has 0 saturated heterocycles. The Morgan fingerprint density at radius 1 is 1.19 bits per heavy atom. The smallest absolute Gasteiger partial charge is 0.318 e. The van der Waals surface area contributed by atoms with Gasteiger partial charge in [0.1, 0.15) is 11.6 Å². The lowest BCUT2D eigenvalue weighted by molar-refractivity contribution is 0.0947. The largest absolute Gasteiger partial charge is 0.484 e. The minimum Gasteiger partial charge on any atom is -0.484 e. The van der Waals surface area contributed by atoms with Gasteiger partial charge >= 0.3 is 6.01 Å². The van der Waals surface area contributed by atoms with Gasteiger partial charge in [-0.05, 0) is 18.2 Å². The second-order valence-corrected chi connectivity index (χ2v) is 5.59. The Bertz CT molecular complexity index is 926. The van der Waals surface area contributed by atoms with Crippen molar-refractivity contribution in [1.82, 2.24) is 15.0 Å². The summed E-state index contributed by atoms with van der Waals surface area (Å²) in [7, 11) is 1.48. The molecule has 0 spiro atoms. The summed E-state index contributed by atoms with van der Waals surface area (Å²) in [4.78, 5) is 26.8. The number of para-hydroxylation sites is 1. The predicted molar refractivity (Wildman–Crippen MR) is 91.2 cm³/mol. The van der Waals surface area contributed by atoms with E-state index in [0.29, 0.717) is 36.1 Å². The van der Waals surface area contributed by atoms with Gasteiger partial charge in [-0.25, -0.2) is 9.97 Å². The highest BCUT2D eigenvalue weighted by Gasteiger charge is 2.32. The average molecular weight is 352 g/mol. The molecule has 0 unspecified atom stereocenters. The van der Waals surface area contributed by atoms with Gasteiger partial charge in [0.15, 0.2) is 6.61 Å². The molecule has 0 bridgehead atoms. The van der Waals surface area contributed by atoms with Crippen LogP contribution in [-0.4, -0.2) is 34.5 Å². The number of methoxy groups -OCH3 is 1. The van der Waals surface area contributed by atoms with Crippen molar-refractivity contribution in [3.63, 3.8) is 0 Å². The van der Waals surface area contributed by atoms with Crippen molar-refractivity contribution in [2.24, 2.45) is 0 Å². The van der Waals surface area contributed by atoms with E-state index in [-0.39, 0.29) is 24.3 Å². The van der Waals surface area contributed by atoms with Crippen LogP contribution < -0.4 is 14.4 Å². The number of fused-ring (bicyclic) bond motifs is 1. The molecule has 0 fully saturated rings. The van der Waals surface area contributed by atoms with Crippen LogP contribution in [0.5, 0.6) is 11.8 Å². The zero-order chi connectivity index (χ0) is 17.9. The number of rotatable bonds is 5. The molecule has 1 aliphatic heterocycles. The third-order valence-electron chi connectivity index (χ3n) is 3.94. The number of nitrogens with zero attached hydrogens (tertiary/aromatic N) is 4. The van der Waals surface area contributed by atoms with Crippen molar-refractivity contribution in [1.29, 1.82) is 0 Å². The summed E-state index contributed by atoms with van der Waals surface area (Å²) in [5.41, 5.74) is 0.638. The van der Waals surface area contributed by atoms with Gasteiger partial charge in [-0.1, -0.05) is 18.2 Å². The van der Waals surface area contributed by atoms with Crippen molar-refractivity contribution >= 4 is 11.7 Å². The van der Waals surface area contributed by atoms with Gasteiger partial charge in [0.25, 0.3) is 5.91 Å². The Hall–Kier alpha value is -3.42. The summed E-state index contributed by atoms with van der Waals surface area (Å²) in [5.74, 6) is 1.48. The van der Waals surface area contributed by atoms with E-state index < -0.39 is 0 Å². The Labute approximate surface area is 149 Å². The summed E-state index contributed by atoms with van der Waals surface area (Å²) in [6, 6.07) is 11.2. The number of hydrogen-bond acceptors (Lipinski definition) is 7. The minimum absolute atomic E-state index is 0.158. The van der Waals surface area contributed by atoms with Crippen LogP contribution in [0.15, 0.2) is 47.0 Å². The van der Waals surface area contributed by atoms with Crippen molar-refractivity contribution in [3.8, 4) is 11.8 Å². The number of carbonyl (C=O) groups excluding carboxylic acids is 1. The third kappa shape index (κ3) is 3.08. The number of carbonyl (C=O) groups is 1. The quantitative estimate of drug-likeness (QED) is 0.695. The number of amides is 1. The van der Waals surface area contributed by atoms with Crippen molar-refractivity contribution in [3.05, 3.63) is 59.9 Å². The van der Waals surface area contributed by atoms with Gasteiger partial charge in [-0.2, -0.15) is 4.98 Å². The molecule has 132 valence electrons. The second-order valence-electron chi connectivity index (χ2n) is 5.59. The predicted octanol–water partition coefficient (Wildman–Crippen LogP) is 2.26. The fraction of sp³-hybridized carbons (Fsp3) is 0.222. The van der Waals surface area contributed by atoms with E-state index in [1.165, 1.54) is 12.0 Å². The first-order valence-electron chi connectivity index (χ1n) is 8.10. The number of ether oxygens (including phenoxy) is 2. The van der Waals surface area contributed by atoms with Crippen LogP contribution in [0.4, 0.5) is 5.82 Å². The van der Waals surface area contributed by atoms with Crippen LogP contribution in [0.25, 0.3) is 0 Å². The molecule has 3 heterocycles. The maximum Gasteiger partial charge on any atom is 0.318 e. The lowest BCUT2D eigenvalue weighted by Crippen LogP contribution is -2.37. The first kappa shape index (κ1) is 16.1. The highest BCUT2D eigenvalue weighted by molar-refractivity contribution is 6.05.